The standard InChI is InChI=1S/C22H35NO6Si/c1-22(2,3)29-21(26)23-18(20(25)27-14-15-30(4,5)6)12-13-19(24)28-16-17-10-8-7-9-11-17/h7-11,18H,12-16H2,1-6H3,(H,23,26)/t18-/m1/s1. The Morgan fingerprint density at radius 1 is 1.03 bits per heavy atom. The van der Waals surface area contributed by atoms with E-state index in [1.807, 2.05) is 30.3 Å². The highest BCUT2D eigenvalue weighted by atomic mass is 28.3. The number of esters is 2. The van der Waals surface area contributed by atoms with E-state index in [1.165, 1.54) is 0 Å². The number of alkyl carbamates (subject to hydrolysis) is 1. The van der Waals surface area contributed by atoms with Gasteiger partial charge in [0.15, 0.2) is 0 Å². The molecule has 0 radical (unpaired) electrons. The van der Waals surface area contributed by atoms with Gasteiger partial charge in [0.1, 0.15) is 18.2 Å². The van der Waals surface area contributed by atoms with Crippen LogP contribution in [0.4, 0.5) is 4.79 Å². The lowest BCUT2D eigenvalue weighted by atomic mass is 10.1. The van der Waals surface area contributed by atoms with Crippen molar-refractivity contribution in [2.75, 3.05) is 6.61 Å². The molecule has 0 aliphatic heterocycles. The van der Waals surface area contributed by atoms with Crippen LogP contribution in [-0.4, -0.2) is 44.4 Å². The first-order valence-corrected chi connectivity index (χ1v) is 13.9. The summed E-state index contributed by atoms with van der Waals surface area (Å²) in [5, 5.41) is 2.52. The highest BCUT2D eigenvalue weighted by molar-refractivity contribution is 6.76. The Hall–Kier alpha value is -2.35. The fourth-order valence-electron chi connectivity index (χ4n) is 2.33. The maximum atomic E-state index is 12.5. The average molecular weight is 438 g/mol. The van der Waals surface area contributed by atoms with E-state index in [0.717, 1.165) is 11.6 Å². The van der Waals surface area contributed by atoms with Gasteiger partial charge in [0, 0.05) is 14.5 Å². The van der Waals surface area contributed by atoms with Gasteiger partial charge in [-0.05, 0) is 38.8 Å². The Morgan fingerprint density at radius 3 is 2.23 bits per heavy atom. The summed E-state index contributed by atoms with van der Waals surface area (Å²) in [7, 11) is -1.37. The van der Waals surface area contributed by atoms with E-state index < -0.39 is 37.7 Å². The molecule has 168 valence electrons. The molecule has 0 aromatic heterocycles. The van der Waals surface area contributed by atoms with Crippen LogP contribution in [0, 0.1) is 0 Å². The van der Waals surface area contributed by atoms with Crippen molar-refractivity contribution in [3.05, 3.63) is 35.9 Å². The fourth-order valence-corrected chi connectivity index (χ4v) is 3.04. The summed E-state index contributed by atoms with van der Waals surface area (Å²) in [6.45, 7) is 12.2. The Morgan fingerprint density at radius 2 is 1.67 bits per heavy atom. The van der Waals surface area contributed by atoms with Crippen molar-refractivity contribution < 1.29 is 28.6 Å². The second-order valence-electron chi connectivity index (χ2n) is 9.36. The van der Waals surface area contributed by atoms with Crippen molar-refractivity contribution in [2.24, 2.45) is 0 Å². The molecule has 7 nitrogen and oxygen atoms in total. The zero-order valence-electron chi connectivity index (χ0n) is 18.9. The molecule has 0 unspecified atom stereocenters. The zero-order chi connectivity index (χ0) is 22.8. The molecule has 1 aromatic carbocycles. The van der Waals surface area contributed by atoms with Crippen molar-refractivity contribution in [3.63, 3.8) is 0 Å². The van der Waals surface area contributed by atoms with Gasteiger partial charge in [0.2, 0.25) is 0 Å². The average Bonchev–Trinajstić information content (AvgIpc) is 2.61. The van der Waals surface area contributed by atoms with Gasteiger partial charge in [0.05, 0.1) is 6.61 Å². The maximum Gasteiger partial charge on any atom is 0.408 e. The topological polar surface area (TPSA) is 90.9 Å². The number of hydrogen-bond acceptors (Lipinski definition) is 6. The van der Waals surface area contributed by atoms with Gasteiger partial charge >= 0.3 is 18.0 Å². The van der Waals surface area contributed by atoms with Crippen molar-refractivity contribution in [1.29, 1.82) is 0 Å². The van der Waals surface area contributed by atoms with Gasteiger partial charge < -0.3 is 19.5 Å². The van der Waals surface area contributed by atoms with Crippen LogP contribution in [0.2, 0.25) is 25.7 Å². The van der Waals surface area contributed by atoms with Gasteiger partial charge in [-0.15, -0.1) is 0 Å². The quantitative estimate of drug-likeness (QED) is 0.334. The minimum absolute atomic E-state index is 0.0313. The lowest BCUT2D eigenvalue weighted by Gasteiger charge is -2.23. The van der Waals surface area contributed by atoms with E-state index in [0.29, 0.717) is 6.61 Å². The van der Waals surface area contributed by atoms with E-state index in [-0.39, 0.29) is 19.4 Å². The number of carbonyl (C=O) groups is 3. The summed E-state index contributed by atoms with van der Waals surface area (Å²) in [6.07, 6.45) is -0.693. The summed E-state index contributed by atoms with van der Waals surface area (Å²) in [5.41, 5.74) is 0.172. The number of amides is 1. The molecule has 1 rings (SSSR count). The lowest BCUT2D eigenvalue weighted by Crippen LogP contribution is -2.44. The number of hydrogen-bond donors (Lipinski definition) is 1. The van der Waals surface area contributed by atoms with Gasteiger partial charge in [-0.3, -0.25) is 4.79 Å². The minimum Gasteiger partial charge on any atom is -0.464 e. The van der Waals surface area contributed by atoms with Gasteiger partial charge in [-0.25, -0.2) is 9.59 Å². The first-order valence-electron chi connectivity index (χ1n) is 10.2. The highest BCUT2D eigenvalue weighted by Gasteiger charge is 2.27. The summed E-state index contributed by atoms with van der Waals surface area (Å²) >= 11 is 0. The third-order valence-electron chi connectivity index (χ3n) is 3.95. The molecule has 1 atom stereocenters. The summed E-state index contributed by atoms with van der Waals surface area (Å²) in [5.74, 6) is -1.03. The van der Waals surface area contributed by atoms with Crippen LogP contribution in [0.3, 0.4) is 0 Å². The van der Waals surface area contributed by atoms with Crippen LogP contribution in [-0.2, 0) is 30.4 Å². The Balaban J connectivity index is 2.61. The van der Waals surface area contributed by atoms with Crippen LogP contribution < -0.4 is 5.32 Å². The molecule has 30 heavy (non-hydrogen) atoms. The Labute approximate surface area is 180 Å². The zero-order valence-corrected chi connectivity index (χ0v) is 19.9. The molecule has 0 heterocycles. The summed E-state index contributed by atoms with van der Waals surface area (Å²) in [4.78, 5) is 36.7. The third-order valence-corrected chi connectivity index (χ3v) is 5.66. The van der Waals surface area contributed by atoms with Crippen LogP contribution in [0.15, 0.2) is 30.3 Å². The molecule has 0 saturated heterocycles. The maximum absolute atomic E-state index is 12.5. The molecule has 0 bridgehead atoms. The number of benzene rings is 1. The molecule has 0 aliphatic rings. The molecular weight excluding hydrogens is 402 g/mol. The molecule has 1 amide bonds. The predicted octanol–water partition coefficient (Wildman–Crippen LogP) is 4.28. The first-order chi connectivity index (χ1) is 13.9. The largest absolute Gasteiger partial charge is 0.464 e. The normalized spacial score (nSPS) is 12.6. The minimum atomic E-state index is -1.37. The molecule has 0 fully saturated rings. The molecule has 8 heteroatoms. The van der Waals surface area contributed by atoms with Gasteiger partial charge in [-0.2, -0.15) is 0 Å². The molecule has 0 saturated carbocycles. The van der Waals surface area contributed by atoms with Crippen molar-refractivity contribution in [2.45, 2.75) is 77.5 Å². The van der Waals surface area contributed by atoms with E-state index >= 15 is 0 Å². The molecule has 1 N–H and O–H groups in total. The van der Waals surface area contributed by atoms with E-state index in [1.54, 1.807) is 20.8 Å². The second-order valence-corrected chi connectivity index (χ2v) is 15.0. The van der Waals surface area contributed by atoms with Crippen molar-refractivity contribution in [3.8, 4) is 0 Å². The fraction of sp³-hybridized carbons (Fsp3) is 0.591. The smallest absolute Gasteiger partial charge is 0.408 e. The van der Waals surface area contributed by atoms with Crippen LogP contribution in [0.25, 0.3) is 0 Å². The number of rotatable bonds is 10. The second kappa shape index (κ2) is 11.7. The number of carbonyl (C=O) groups excluding carboxylic acids is 3. The molecule has 0 spiro atoms. The Bertz CT molecular complexity index is 694. The van der Waals surface area contributed by atoms with Gasteiger partial charge in [-0.1, -0.05) is 50.0 Å². The van der Waals surface area contributed by atoms with E-state index in [2.05, 4.69) is 25.0 Å². The van der Waals surface area contributed by atoms with Crippen LogP contribution in [0.5, 0.6) is 0 Å². The van der Waals surface area contributed by atoms with Crippen molar-refractivity contribution >= 4 is 26.1 Å². The first kappa shape index (κ1) is 25.7. The number of nitrogens with one attached hydrogen (secondary N) is 1. The highest BCUT2D eigenvalue weighted by Crippen LogP contribution is 2.11. The predicted molar refractivity (Wildman–Crippen MR) is 118 cm³/mol. The summed E-state index contributed by atoms with van der Waals surface area (Å²) < 4.78 is 15.8. The third kappa shape index (κ3) is 12.3. The molecule has 0 aliphatic carbocycles. The van der Waals surface area contributed by atoms with Crippen molar-refractivity contribution in [1.82, 2.24) is 5.32 Å². The monoisotopic (exact) mass is 437 g/mol. The van der Waals surface area contributed by atoms with Crippen LogP contribution in [0.1, 0.15) is 39.2 Å². The van der Waals surface area contributed by atoms with E-state index in [4.69, 9.17) is 14.2 Å². The molecule has 1 aromatic rings. The Kier molecular flexibility index (Phi) is 10.0. The van der Waals surface area contributed by atoms with Gasteiger partial charge in [0.25, 0.3) is 0 Å². The van der Waals surface area contributed by atoms with Crippen LogP contribution >= 0.6 is 0 Å². The lowest BCUT2D eigenvalue weighted by molar-refractivity contribution is -0.147. The number of ether oxygens (including phenoxy) is 3. The SMILES string of the molecule is CC(C)(C)OC(=O)N[C@H](CCC(=O)OCc1ccccc1)C(=O)OCC[Si](C)(C)C. The summed E-state index contributed by atoms with van der Waals surface area (Å²) in [6, 6.07) is 9.15. The van der Waals surface area contributed by atoms with E-state index in [9.17, 15) is 14.4 Å². The molecular formula is C22H35NO6Si.